The Morgan fingerprint density at radius 1 is 0.306 bits per heavy atom. The number of nitrogens with zero attached hydrogens (tertiary/aromatic N) is 4. The van der Waals surface area contributed by atoms with Crippen LogP contribution < -0.4 is 0 Å². The van der Waals surface area contributed by atoms with E-state index in [1.807, 2.05) is 60.7 Å². The Balaban J connectivity index is 1.25. The van der Waals surface area contributed by atoms with Gasteiger partial charge in [-0.25, -0.2) is 15.0 Å². The highest BCUT2D eigenvalue weighted by Gasteiger charge is 2.19. The van der Waals surface area contributed by atoms with Crippen molar-refractivity contribution >= 4 is 16.3 Å². The van der Waals surface area contributed by atoms with E-state index in [1.54, 1.807) is 0 Å². The summed E-state index contributed by atoms with van der Waals surface area (Å²) < 4.78 is 2.42. The van der Waals surface area contributed by atoms with Gasteiger partial charge in [-0.3, -0.25) is 0 Å². The van der Waals surface area contributed by atoms with Gasteiger partial charge in [0, 0.05) is 27.5 Å². The Bertz CT molecular complexity index is 2500. The fourth-order valence-corrected chi connectivity index (χ4v) is 6.69. The van der Waals surface area contributed by atoms with E-state index in [9.17, 15) is 0 Å². The third-order valence-electron chi connectivity index (χ3n) is 9.04. The molecule has 0 atom stereocenters. The van der Waals surface area contributed by atoms with Crippen LogP contribution >= 0.6 is 0 Å². The molecule has 9 rings (SSSR count). The molecule has 0 aliphatic carbocycles. The summed E-state index contributed by atoms with van der Waals surface area (Å²) in [5.41, 5.74) is 10.9. The van der Waals surface area contributed by atoms with Crippen molar-refractivity contribution in [2.24, 2.45) is 0 Å². The average Bonchev–Trinajstić information content (AvgIpc) is 3.53. The highest BCUT2D eigenvalue weighted by Crippen LogP contribution is 2.40. The predicted molar refractivity (Wildman–Crippen MR) is 201 cm³/mol. The van der Waals surface area contributed by atoms with E-state index in [4.69, 9.17) is 15.0 Å². The van der Waals surface area contributed by atoms with Crippen LogP contribution in [0.15, 0.2) is 182 Å². The summed E-state index contributed by atoms with van der Waals surface area (Å²) in [6.07, 6.45) is 0. The van der Waals surface area contributed by atoms with Gasteiger partial charge in [0.25, 0.3) is 0 Å². The molecule has 0 saturated carbocycles. The minimum Gasteiger partial charge on any atom is -0.308 e. The second-order valence-corrected chi connectivity index (χ2v) is 12.1. The van der Waals surface area contributed by atoms with Crippen molar-refractivity contribution in [2.75, 3.05) is 0 Å². The number of hydrogen-bond donors (Lipinski definition) is 0. The molecule has 49 heavy (non-hydrogen) atoms. The lowest BCUT2D eigenvalue weighted by Gasteiger charge is -2.15. The van der Waals surface area contributed by atoms with Gasteiger partial charge >= 0.3 is 0 Å². The monoisotopic (exact) mass is 626 g/mol. The van der Waals surface area contributed by atoms with Crippen LogP contribution in [-0.4, -0.2) is 19.4 Å². The molecule has 6 aromatic carbocycles. The summed E-state index contributed by atoms with van der Waals surface area (Å²) in [6, 6.07) is 63.5. The van der Waals surface area contributed by atoms with Crippen LogP contribution in [-0.2, 0) is 0 Å². The highest BCUT2D eigenvalue weighted by molar-refractivity contribution is 6.08. The third kappa shape index (κ3) is 5.26. The van der Waals surface area contributed by atoms with E-state index >= 15 is 0 Å². The maximum atomic E-state index is 4.96. The van der Waals surface area contributed by atoms with Gasteiger partial charge in [0.15, 0.2) is 17.5 Å². The second kappa shape index (κ2) is 12.2. The predicted octanol–water partition coefficient (Wildman–Crippen LogP) is 11.3. The second-order valence-electron chi connectivity index (χ2n) is 12.1. The smallest absolute Gasteiger partial charge is 0.164 e. The van der Waals surface area contributed by atoms with Gasteiger partial charge < -0.3 is 4.40 Å². The number of aromatic nitrogens is 4. The minimum absolute atomic E-state index is 0.638. The first-order chi connectivity index (χ1) is 24.3. The van der Waals surface area contributed by atoms with Crippen molar-refractivity contribution in [3.8, 4) is 67.8 Å². The molecule has 9 aromatic rings. The summed E-state index contributed by atoms with van der Waals surface area (Å²) in [7, 11) is 0. The molecular formula is C45H30N4. The summed E-state index contributed by atoms with van der Waals surface area (Å²) in [6.45, 7) is 0. The van der Waals surface area contributed by atoms with Gasteiger partial charge in [0.2, 0.25) is 0 Å². The molecule has 0 amide bonds. The van der Waals surface area contributed by atoms with E-state index in [0.29, 0.717) is 17.5 Å². The Morgan fingerprint density at radius 2 is 0.714 bits per heavy atom. The number of benzene rings is 6. The number of pyridine rings is 1. The molecule has 4 nitrogen and oxygen atoms in total. The fraction of sp³-hybridized carbons (Fsp3) is 0. The van der Waals surface area contributed by atoms with Gasteiger partial charge in [-0.15, -0.1) is 0 Å². The topological polar surface area (TPSA) is 43.1 Å². The lowest BCUT2D eigenvalue weighted by Crippen LogP contribution is -2.00. The summed E-state index contributed by atoms with van der Waals surface area (Å²) in [5.74, 6) is 1.94. The van der Waals surface area contributed by atoms with Gasteiger partial charge in [-0.1, -0.05) is 170 Å². The van der Waals surface area contributed by atoms with E-state index in [2.05, 4.69) is 126 Å². The van der Waals surface area contributed by atoms with E-state index in [-0.39, 0.29) is 0 Å². The fourth-order valence-electron chi connectivity index (χ4n) is 6.69. The average molecular weight is 627 g/mol. The van der Waals surface area contributed by atoms with E-state index in [1.165, 1.54) is 38.7 Å². The van der Waals surface area contributed by atoms with Crippen LogP contribution in [0.5, 0.6) is 0 Å². The lowest BCUT2D eigenvalue weighted by atomic mass is 10.0. The molecule has 0 aliphatic heterocycles. The van der Waals surface area contributed by atoms with Crippen LogP contribution in [0, 0.1) is 0 Å². The zero-order chi connectivity index (χ0) is 32.6. The van der Waals surface area contributed by atoms with Crippen molar-refractivity contribution in [1.82, 2.24) is 19.4 Å². The van der Waals surface area contributed by atoms with Gasteiger partial charge in [0.1, 0.15) is 0 Å². The van der Waals surface area contributed by atoms with Crippen LogP contribution in [0.1, 0.15) is 0 Å². The number of rotatable bonds is 6. The van der Waals surface area contributed by atoms with Gasteiger partial charge in [-0.2, -0.15) is 0 Å². The molecule has 230 valence electrons. The largest absolute Gasteiger partial charge is 0.308 e. The lowest BCUT2D eigenvalue weighted by molar-refractivity contribution is 1.07. The van der Waals surface area contributed by atoms with Crippen LogP contribution in [0.25, 0.3) is 84.1 Å². The summed E-state index contributed by atoms with van der Waals surface area (Å²) in [5, 5.41) is 2.45. The molecular weight excluding hydrogens is 597 g/mol. The molecule has 0 aliphatic rings. The standard InChI is InChI=1S/C45H30N4/c1-5-15-31(16-6-1)37-29-40(49-41(30-37)38-23-13-14-24-39(38)42(49)33-17-7-2-8-18-33)32-25-27-36(28-26-32)45-47-43(34-19-9-3-10-20-34)46-44(48-45)35-21-11-4-12-22-35/h1-30H. The maximum Gasteiger partial charge on any atom is 0.164 e. The van der Waals surface area contributed by atoms with Crippen molar-refractivity contribution in [2.45, 2.75) is 0 Å². The Kier molecular flexibility index (Phi) is 7.10. The molecule has 0 bridgehead atoms. The van der Waals surface area contributed by atoms with Gasteiger partial charge in [-0.05, 0) is 34.4 Å². The normalized spacial score (nSPS) is 11.3. The first-order valence-corrected chi connectivity index (χ1v) is 16.5. The molecule has 3 heterocycles. The Hall–Kier alpha value is -6.65. The van der Waals surface area contributed by atoms with Gasteiger partial charge in [0.05, 0.1) is 16.9 Å². The van der Waals surface area contributed by atoms with Crippen molar-refractivity contribution in [3.63, 3.8) is 0 Å². The molecule has 0 unspecified atom stereocenters. The quantitative estimate of drug-likeness (QED) is 0.184. The van der Waals surface area contributed by atoms with Crippen molar-refractivity contribution < 1.29 is 0 Å². The van der Waals surface area contributed by atoms with Crippen molar-refractivity contribution in [1.29, 1.82) is 0 Å². The Labute approximate surface area is 284 Å². The third-order valence-corrected chi connectivity index (χ3v) is 9.04. The molecule has 0 radical (unpaired) electrons. The van der Waals surface area contributed by atoms with E-state index in [0.717, 1.165) is 27.9 Å². The Morgan fingerprint density at radius 3 is 1.24 bits per heavy atom. The molecule has 0 fully saturated rings. The van der Waals surface area contributed by atoms with Crippen LogP contribution in [0.3, 0.4) is 0 Å². The van der Waals surface area contributed by atoms with Crippen LogP contribution in [0.2, 0.25) is 0 Å². The first-order valence-electron chi connectivity index (χ1n) is 16.5. The summed E-state index contributed by atoms with van der Waals surface area (Å²) >= 11 is 0. The van der Waals surface area contributed by atoms with Crippen LogP contribution in [0.4, 0.5) is 0 Å². The van der Waals surface area contributed by atoms with Crippen molar-refractivity contribution in [3.05, 3.63) is 182 Å². The molecule has 0 saturated heterocycles. The number of hydrogen-bond acceptors (Lipinski definition) is 3. The molecule has 0 N–H and O–H groups in total. The number of fused-ring (bicyclic) bond motifs is 3. The molecule has 0 spiro atoms. The maximum absolute atomic E-state index is 4.96. The highest BCUT2D eigenvalue weighted by atomic mass is 15.0. The zero-order valence-electron chi connectivity index (χ0n) is 26.6. The first kappa shape index (κ1) is 28.6. The zero-order valence-corrected chi connectivity index (χ0v) is 26.6. The van der Waals surface area contributed by atoms with E-state index < -0.39 is 0 Å². The minimum atomic E-state index is 0.638. The molecule has 3 aromatic heterocycles. The summed E-state index contributed by atoms with van der Waals surface area (Å²) in [4.78, 5) is 14.8. The SMILES string of the molecule is c1ccc(-c2cc(-c3ccc(-c4nc(-c5ccccc5)nc(-c5ccccc5)n4)cc3)n3c(-c4ccccc4)c4ccccc4c3c2)cc1. The molecule has 4 heteroatoms.